The zero-order valence-corrected chi connectivity index (χ0v) is 14.0. The molecular formula is C19H23N3O2. The molecule has 0 saturated carbocycles. The quantitative estimate of drug-likeness (QED) is 0.923. The van der Waals surface area contributed by atoms with Gasteiger partial charge in [-0.05, 0) is 43.9 Å². The monoisotopic (exact) mass is 325 g/mol. The molecule has 1 amide bonds. The third-order valence-electron chi connectivity index (χ3n) is 5.11. The van der Waals surface area contributed by atoms with Gasteiger partial charge in [0.15, 0.2) is 0 Å². The number of amides is 1. The Labute approximate surface area is 142 Å². The lowest BCUT2D eigenvalue weighted by atomic mass is 9.91. The largest absolute Gasteiger partial charge is 0.492 e. The summed E-state index contributed by atoms with van der Waals surface area (Å²) in [5.41, 5.74) is 3.29. The minimum atomic E-state index is -0.0698. The van der Waals surface area contributed by atoms with Gasteiger partial charge < -0.3 is 9.64 Å². The first-order valence-corrected chi connectivity index (χ1v) is 8.72. The topological polar surface area (TPSA) is 58.2 Å². The van der Waals surface area contributed by atoms with E-state index in [1.165, 1.54) is 0 Å². The Bertz CT molecular complexity index is 740. The van der Waals surface area contributed by atoms with E-state index in [0.29, 0.717) is 12.5 Å². The Morgan fingerprint density at radius 1 is 1.38 bits per heavy atom. The van der Waals surface area contributed by atoms with E-state index in [1.807, 2.05) is 30.0 Å². The molecule has 1 saturated heterocycles. The van der Waals surface area contributed by atoms with Crippen LogP contribution in [0.2, 0.25) is 0 Å². The first-order valence-electron chi connectivity index (χ1n) is 8.72. The summed E-state index contributed by atoms with van der Waals surface area (Å²) in [5.74, 6) is 1.41. The number of hydrogen-bond donors (Lipinski definition) is 1. The van der Waals surface area contributed by atoms with E-state index < -0.39 is 0 Å². The molecule has 0 spiro atoms. The number of aryl methyl sites for hydroxylation is 1. The molecule has 126 valence electrons. The molecule has 5 heteroatoms. The van der Waals surface area contributed by atoms with Crippen LogP contribution in [0.1, 0.15) is 35.7 Å². The maximum Gasteiger partial charge on any atom is 0.229 e. The third-order valence-corrected chi connectivity index (χ3v) is 5.11. The van der Waals surface area contributed by atoms with E-state index in [9.17, 15) is 4.79 Å². The number of aromatic nitrogens is 2. The van der Waals surface area contributed by atoms with E-state index in [0.717, 1.165) is 55.1 Å². The highest BCUT2D eigenvalue weighted by Crippen LogP contribution is 2.30. The average molecular weight is 325 g/mol. The number of hydrogen-bond acceptors (Lipinski definition) is 3. The second-order valence-electron chi connectivity index (χ2n) is 6.92. The SMILES string of the molecule is Cc1cc([C@@H]2CCCN(C(=O)[C@H]3COc4ccccc4C3)C2)n[nH]1. The summed E-state index contributed by atoms with van der Waals surface area (Å²) in [6.07, 6.45) is 2.90. The number of fused-ring (bicyclic) bond motifs is 1. The van der Waals surface area contributed by atoms with E-state index in [4.69, 9.17) is 4.74 Å². The fourth-order valence-electron chi connectivity index (χ4n) is 3.81. The van der Waals surface area contributed by atoms with Gasteiger partial charge in [-0.3, -0.25) is 9.89 Å². The molecule has 0 radical (unpaired) electrons. The molecule has 0 bridgehead atoms. The van der Waals surface area contributed by atoms with Crippen LogP contribution in [0.5, 0.6) is 5.75 Å². The molecule has 3 heterocycles. The minimum absolute atomic E-state index is 0.0698. The number of benzene rings is 1. The van der Waals surface area contributed by atoms with Crippen LogP contribution in [-0.4, -0.2) is 40.7 Å². The number of piperidine rings is 1. The molecule has 0 unspecified atom stereocenters. The van der Waals surface area contributed by atoms with Crippen molar-refractivity contribution in [2.24, 2.45) is 5.92 Å². The van der Waals surface area contributed by atoms with Crippen LogP contribution in [0.3, 0.4) is 0 Å². The fraction of sp³-hybridized carbons (Fsp3) is 0.474. The van der Waals surface area contributed by atoms with Crippen molar-refractivity contribution >= 4 is 5.91 Å². The number of rotatable bonds is 2. The van der Waals surface area contributed by atoms with Crippen molar-refractivity contribution in [3.05, 3.63) is 47.3 Å². The van der Waals surface area contributed by atoms with Crippen LogP contribution in [0, 0.1) is 12.8 Å². The number of ether oxygens (including phenoxy) is 1. The number of carbonyl (C=O) groups excluding carboxylic acids is 1. The highest BCUT2D eigenvalue weighted by Gasteiger charge is 2.33. The second-order valence-corrected chi connectivity index (χ2v) is 6.92. The van der Waals surface area contributed by atoms with E-state index in [2.05, 4.69) is 22.3 Å². The van der Waals surface area contributed by atoms with Crippen LogP contribution in [0.15, 0.2) is 30.3 Å². The zero-order chi connectivity index (χ0) is 16.5. The molecule has 1 N–H and O–H groups in total. The Hall–Kier alpha value is -2.30. The first-order chi connectivity index (χ1) is 11.7. The van der Waals surface area contributed by atoms with Crippen molar-refractivity contribution in [1.29, 1.82) is 0 Å². The molecule has 5 nitrogen and oxygen atoms in total. The van der Waals surface area contributed by atoms with Gasteiger partial charge in [-0.1, -0.05) is 18.2 Å². The van der Waals surface area contributed by atoms with Gasteiger partial charge in [0.05, 0.1) is 11.6 Å². The number of aromatic amines is 1. The average Bonchev–Trinajstić information content (AvgIpc) is 3.07. The van der Waals surface area contributed by atoms with Gasteiger partial charge in [0.25, 0.3) is 0 Å². The Morgan fingerprint density at radius 2 is 2.25 bits per heavy atom. The van der Waals surface area contributed by atoms with Gasteiger partial charge in [-0.25, -0.2) is 0 Å². The molecule has 0 aliphatic carbocycles. The number of carbonyl (C=O) groups is 1. The van der Waals surface area contributed by atoms with Crippen molar-refractivity contribution in [2.45, 2.75) is 32.1 Å². The van der Waals surface area contributed by atoms with Gasteiger partial charge in [-0.15, -0.1) is 0 Å². The van der Waals surface area contributed by atoms with Crippen LogP contribution < -0.4 is 4.74 Å². The van der Waals surface area contributed by atoms with Gasteiger partial charge >= 0.3 is 0 Å². The summed E-state index contributed by atoms with van der Waals surface area (Å²) in [6, 6.07) is 10.1. The van der Waals surface area contributed by atoms with Gasteiger partial charge in [0, 0.05) is 24.7 Å². The van der Waals surface area contributed by atoms with Gasteiger partial charge in [0.1, 0.15) is 12.4 Å². The molecule has 4 rings (SSSR count). The number of likely N-dealkylation sites (tertiary alicyclic amines) is 1. The molecule has 24 heavy (non-hydrogen) atoms. The van der Waals surface area contributed by atoms with Gasteiger partial charge in [-0.2, -0.15) is 5.10 Å². The second kappa shape index (κ2) is 6.30. The zero-order valence-electron chi connectivity index (χ0n) is 14.0. The van der Waals surface area contributed by atoms with Crippen LogP contribution in [0.25, 0.3) is 0 Å². The molecule has 2 aliphatic heterocycles. The van der Waals surface area contributed by atoms with Crippen LogP contribution in [-0.2, 0) is 11.2 Å². The molecule has 2 atom stereocenters. The van der Waals surface area contributed by atoms with E-state index in [1.54, 1.807) is 0 Å². The number of nitrogens with zero attached hydrogens (tertiary/aromatic N) is 2. The summed E-state index contributed by atoms with van der Waals surface area (Å²) in [5, 5.41) is 7.40. The Kier molecular flexibility index (Phi) is 4.00. The fourth-order valence-corrected chi connectivity index (χ4v) is 3.81. The smallest absolute Gasteiger partial charge is 0.229 e. The Morgan fingerprint density at radius 3 is 3.08 bits per heavy atom. The number of nitrogens with one attached hydrogen (secondary N) is 1. The van der Waals surface area contributed by atoms with Crippen molar-refractivity contribution in [1.82, 2.24) is 15.1 Å². The maximum atomic E-state index is 13.0. The summed E-state index contributed by atoms with van der Waals surface area (Å²) < 4.78 is 5.80. The lowest BCUT2D eigenvalue weighted by Gasteiger charge is -2.35. The van der Waals surface area contributed by atoms with E-state index >= 15 is 0 Å². The summed E-state index contributed by atoms with van der Waals surface area (Å²) in [7, 11) is 0. The first kappa shape index (κ1) is 15.2. The lowest BCUT2D eigenvalue weighted by molar-refractivity contribution is -0.138. The van der Waals surface area contributed by atoms with Crippen molar-refractivity contribution in [2.75, 3.05) is 19.7 Å². The highest BCUT2D eigenvalue weighted by atomic mass is 16.5. The number of para-hydroxylation sites is 1. The van der Waals surface area contributed by atoms with Crippen molar-refractivity contribution in [3.8, 4) is 5.75 Å². The minimum Gasteiger partial charge on any atom is -0.492 e. The Balaban J connectivity index is 1.45. The predicted molar refractivity (Wildman–Crippen MR) is 91.0 cm³/mol. The van der Waals surface area contributed by atoms with Crippen LogP contribution >= 0.6 is 0 Å². The summed E-state index contributed by atoms with van der Waals surface area (Å²) in [6.45, 7) is 4.11. The lowest BCUT2D eigenvalue weighted by Crippen LogP contribution is -2.45. The molecule has 1 aromatic carbocycles. The third kappa shape index (κ3) is 2.90. The standard InChI is InChI=1S/C19H23N3O2/c1-13-9-17(21-20-13)15-6-4-8-22(11-15)19(23)16-10-14-5-2-3-7-18(14)24-12-16/h2-3,5,7,9,15-16H,4,6,8,10-12H2,1H3,(H,20,21)/t15-,16-/m1/s1. The van der Waals surface area contributed by atoms with Crippen molar-refractivity contribution in [3.63, 3.8) is 0 Å². The highest BCUT2D eigenvalue weighted by molar-refractivity contribution is 5.80. The molecule has 1 aromatic heterocycles. The molecular weight excluding hydrogens is 302 g/mol. The van der Waals surface area contributed by atoms with Gasteiger partial charge in [0.2, 0.25) is 5.91 Å². The molecule has 2 aliphatic rings. The van der Waals surface area contributed by atoms with E-state index in [-0.39, 0.29) is 11.8 Å². The van der Waals surface area contributed by atoms with Crippen molar-refractivity contribution < 1.29 is 9.53 Å². The molecule has 2 aromatic rings. The normalized spacial score (nSPS) is 23.5. The number of H-pyrrole nitrogens is 1. The predicted octanol–water partition coefficient (Wildman–Crippen LogP) is 2.68. The summed E-state index contributed by atoms with van der Waals surface area (Å²) in [4.78, 5) is 15.0. The molecule has 1 fully saturated rings. The van der Waals surface area contributed by atoms with Crippen LogP contribution in [0.4, 0.5) is 0 Å². The maximum absolute atomic E-state index is 13.0. The summed E-state index contributed by atoms with van der Waals surface area (Å²) >= 11 is 0.